The van der Waals surface area contributed by atoms with E-state index in [1.807, 2.05) is 24.3 Å². The van der Waals surface area contributed by atoms with E-state index >= 15 is 0 Å². The van der Waals surface area contributed by atoms with Crippen molar-refractivity contribution in [1.82, 2.24) is 0 Å². The van der Waals surface area contributed by atoms with Crippen molar-refractivity contribution in [2.75, 3.05) is 13.2 Å². The molecule has 0 spiro atoms. The molecule has 1 aliphatic heterocycles. The van der Waals surface area contributed by atoms with Crippen molar-refractivity contribution in [2.45, 2.75) is 32.0 Å². The summed E-state index contributed by atoms with van der Waals surface area (Å²) in [6.45, 7) is 4.15. The fourth-order valence-corrected chi connectivity index (χ4v) is 2.13. The standard InChI is InChI=1S/C13H17ClO2/c1-13(7-4-8-16-13)10-15-9-11-5-2-3-6-12(11)14/h2-3,5-6H,4,7-10H2,1H3. The number of halogens is 1. The van der Waals surface area contributed by atoms with E-state index in [4.69, 9.17) is 21.1 Å². The van der Waals surface area contributed by atoms with Crippen LogP contribution in [0.2, 0.25) is 5.02 Å². The quantitative estimate of drug-likeness (QED) is 0.803. The van der Waals surface area contributed by atoms with Gasteiger partial charge in [-0.25, -0.2) is 0 Å². The lowest BCUT2D eigenvalue weighted by atomic mass is 10.0. The molecule has 1 aromatic carbocycles. The number of benzene rings is 1. The normalized spacial score (nSPS) is 24.9. The molecule has 1 saturated heterocycles. The highest BCUT2D eigenvalue weighted by molar-refractivity contribution is 6.31. The summed E-state index contributed by atoms with van der Waals surface area (Å²) in [7, 11) is 0. The van der Waals surface area contributed by atoms with Crippen LogP contribution < -0.4 is 0 Å². The molecule has 88 valence electrons. The molecule has 0 bridgehead atoms. The van der Waals surface area contributed by atoms with Gasteiger partial charge in [-0.15, -0.1) is 0 Å². The highest BCUT2D eigenvalue weighted by atomic mass is 35.5. The maximum absolute atomic E-state index is 6.04. The Balaban J connectivity index is 1.82. The Morgan fingerprint density at radius 2 is 2.25 bits per heavy atom. The summed E-state index contributed by atoms with van der Waals surface area (Å²) in [6, 6.07) is 7.76. The number of hydrogen-bond donors (Lipinski definition) is 0. The molecule has 1 fully saturated rings. The second-order valence-electron chi connectivity index (χ2n) is 4.49. The average Bonchev–Trinajstić information content (AvgIpc) is 2.68. The van der Waals surface area contributed by atoms with Crippen LogP contribution in [0.5, 0.6) is 0 Å². The van der Waals surface area contributed by atoms with Gasteiger partial charge in [0.15, 0.2) is 0 Å². The monoisotopic (exact) mass is 240 g/mol. The van der Waals surface area contributed by atoms with Crippen LogP contribution in [0.1, 0.15) is 25.3 Å². The Bertz CT molecular complexity index is 346. The molecule has 1 atom stereocenters. The van der Waals surface area contributed by atoms with E-state index in [0.717, 1.165) is 30.0 Å². The van der Waals surface area contributed by atoms with Gasteiger partial charge in [0.05, 0.1) is 18.8 Å². The van der Waals surface area contributed by atoms with E-state index < -0.39 is 0 Å². The molecule has 1 heterocycles. The Labute approximate surface area is 102 Å². The van der Waals surface area contributed by atoms with Crippen molar-refractivity contribution in [3.05, 3.63) is 34.9 Å². The minimum Gasteiger partial charge on any atom is -0.374 e. The largest absolute Gasteiger partial charge is 0.374 e. The van der Waals surface area contributed by atoms with E-state index in [2.05, 4.69) is 6.92 Å². The van der Waals surface area contributed by atoms with Gasteiger partial charge in [-0.2, -0.15) is 0 Å². The highest BCUT2D eigenvalue weighted by Crippen LogP contribution is 2.26. The molecular weight excluding hydrogens is 224 g/mol. The van der Waals surface area contributed by atoms with Crippen LogP contribution in [0, 0.1) is 0 Å². The van der Waals surface area contributed by atoms with Gasteiger partial charge >= 0.3 is 0 Å². The minimum absolute atomic E-state index is 0.0960. The van der Waals surface area contributed by atoms with Crippen molar-refractivity contribution in [2.24, 2.45) is 0 Å². The maximum Gasteiger partial charge on any atom is 0.0887 e. The molecule has 0 N–H and O–H groups in total. The second-order valence-corrected chi connectivity index (χ2v) is 4.89. The van der Waals surface area contributed by atoms with Crippen molar-refractivity contribution >= 4 is 11.6 Å². The lowest BCUT2D eigenvalue weighted by Gasteiger charge is -2.22. The van der Waals surface area contributed by atoms with E-state index in [9.17, 15) is 0 Å². The predicted octanol–water partition coefficient (Wildman–Crippen LogP) is 3.43. The number of hydrogen-bond acceptors (Lipinski definition) is 2. The molecule has 2 nitrogen and oxygen atoms in total. The minimum atomic E-state index is -0.0960. The van der Waals surface area contributed by atoms with Crippen molar-refractivity contribution in [3.63, 3.8) is 0 Å². The number of rotatable bonds is 4. The molecule has 2 rings (SSSR count). The molecule has 0 radical (unpaired) electrons. The zero-order chi connectivity index (χ0) is 11.4. The topological polar surface area (TPSA) is 18.5 Å². The Morgan fingerprint density at radius 3 is 2.94 bits per heavy atom. The summed E-state index contributed by atoms with van der Waals surface area (Å²) >= 11 is 6.04. The molecular formula is C13H17ClO2. The Morgan fingerprint density at radius 1 is 1.44 bits per heavy atom. The Kier molecular flexibility index (Phi) is 3.85. The van der Waals surface area contributed by atoms with Crippen LogP contribution in [-0.2, 0) is 16.1 Å². The van der Waals surface area contributed by atoms with Gasteiger partial charge in [0.1, 0.15) is 0 Å². The van der Waals surface area contributed by atoms with Gasteiger partial charge < -0.3 is 9.47 Å². The summed E-state index contributed by atoms with van der Waals surface area (Å²) in [5, 5.41) is 0.764. The lowest BCUT2D eigenvalue weighted by molar-refractivity contribution is -0.0559. The SMILES string of the molecule is CC1(COCc2ccccc2Cl)CCCO1. The Hall–Kier alpha value is -0.570. The van der Waals surface area contributed by atoms with Crippen LogP contribution in [0.3, 0.4) is 0 Å². The fraction of sp³-hybridized carbons (Fsp3) is 0.538. The highest BCUT2D eigenvalue weighted by Gasteiger charge is 2.29. The summed E-state index contributed by atoms with van der Waals surface area (Å²) in [4.78, 5) is 0. The first-order valence-corrected chi connectivity index (χ1v) is 6.03. The third-order valence-corrected chi connectivity index (χ3v) is 3.29. The molecule has 16 heavy (non-hydrogen) atoms. The van der Waals surface area contributed by atoms with Crippen molar-refractivity contribution < 1.29 is 9.47 Å². The zero-order valence-corrected chi connectivity index (χ0v) is 10.3. The van der Waals surface area contributed by atoms with Crippen LogP contribution in [0.15, 0.2) is 24.3 Å². The van der Waals surface area contributed by atoms with Crippen LogP contribution in [0.25, 0.3) is 0 Å². The molecule has 0 aliphatic carbocycles. The molecule has 1 aromatic rings. The molecule has 0 saturated carbocycles. The summed E-state index contributed by atoms with van der Waals surface area (Å²) in [6.07, 6.45) is 2.21. The molecule has 3 heteroatoms. The number of ether oxygens (including phenoxy) is 2. The maximum atomic E-state index is 6.04. The second kappa shape index (κ2) is 5.17. The predicted molar refractivity (Wildman–Crippen MR) is 64.7 cm³/mol. The van der Waals surface area contributed by atoms with Gasteiger partial charge in [0.25, 0.3) is 0 Å². The van der Waals surface area contributed by atoms with Crippen LogP contribution >= 0.6 is 11.6 Å². The summed E-state index contributed by atoms with van der Waals surface area (Å²) in [5.74, 6) is 0. The molecule has 0 amide bonds. The third kappa shape index (κ3) is 2.97. The molecule has 1 aliphatic rings. The third-order valence-electron chi connectivity index (χ3n) is 2.92. The first kappa shape index (κ1) is 11.9. The van der Waals surface area contributed by atoms with E-state index in [-0.39, 0.29) is 5.60 Å². The lowest BCUT2D eigenvalue weighted by Crippen LogP contribution is -2.29. The molecule has 0 aromatic heterocycles. The summed E-state index contributed by atoms with van der Waals surface area (Å²) < 4.78 is 11.3. The smallest absolute Gasteiger partial charge is 0.0887 e. The van der Waals surface area contributed by atoms with Gasteiger partial charge in [0, 0.05) is 11.6 Å². The summed E-state index contributed by atoms with van der Waals surface area (Å²) in [5.41, 5.74) is 0.937. The van der Waals surface area contributed by atoms with E-state index in [1.165, 1.54) is 0 Å². The molecule has 1 unspecified atom stereocenters. The van der Waals surface area contributed by atoms with Crippen molar-refractivity contribution in [3.8, 4) is 0 Å². The zero-order valence-electron chi connectivity index (χ0n) is 9.54. The van der Waals surface area contributed by atoms with Crippen LogP contribution in [0.4, 0.5) is 0 Å². The van der Waals surface area contributed by atoms with E-state index in [1.54, 1.807) is 0 Å². The van der Waals surface area contributed by atoms with Gasteiger partial charge in [-0.3, -0.25) is 0 Å². The van der Waals surface area contributed by atoms with Gasteiger partial charge in [0.2, 0.25) is 0 Å². The first-order valence-electron chi connectivity index (χ1n) is 5.65. The van der Waals surface area contributed by atoms with Gasteiger partial charge in [-0.1, -0.05) is 29.8 Å². The average molecular weight is 241 g/mol. The van der Waals surface area contributed by atoms with Crippen LogP contribution in [-0.4, -0.2) is 18.8 Å². The fourth-order valence-electron chi connectivity index (χ4n) is 1.94. The van der Waals surface area contributed by atoms with Crippen molar-refractivity contribution in [1.29, 1.82) is 0 Å². The first-order chi connectivity index (χ1) is 7.70. The van der Waals surface area contributed by atoms with E-state index in [0.29, 0.717) is 13.2 Å². The van der Waals surface area contributed by atoms with Gasteiger partial charge in [-0.05, 0) is 31.4 Å².